The first kappa shape index (κ1) is 11.5. The fourth-order valence-electron chi connectivity index (χ4n) is 2.83. The summed E-state index contributed by atoms with van der Waals surface area (Å²) in [6.07, 6.45) is 9.72. The summed E-state index contributed by atoms with van der Waals surface area (Å²) in [5.74, 6) is 1.52. The zero-order valence-electron chi connectivity index (χ0n) is 10.9. The van der Waals surface area contributed by atoms with E-state index in [0.29, 0.717) is 0 Å². The van der Waals surface area contributed by atoms with E-state index >= 15 is 0 Å². The van der Waals surface area contributed by atoms with Crippen molar-refractivity contribution >= 4 is 16.8 Å². The maximum atomic E-state index is 2.31. The molecule has 0 spiro atoms. The van der Waals surface area contributed by atoms with Crippen LogP contribution in [0.25, 0.3) is 16.8 Å². The Kier molecular flexibility index (Phi) is 3.19. The Morgan fingerprint density at radius 1 is 0.889 bits per heavy atom. The lowest BCUT2D eigenvalue weighted by atomic mass is 9.90. The van der Waals surface area contributed by atoms with E-state index in [1.165, 1.54) is 53.5 Å². The van der Waals surface area contributed by atoms with Gasteiger partial charge in [0.2, 0.25) is 0 Å². The number of allylic oxidation sites excluding steroid dienone is 1. The number of fused-ring (bicyclic) bond motifs is 3. The Labute approximate surface area is 109 Å². The van der Waals surface area contributed by atoms with E-state index in [2.05, 4.69) is 55.5 Å². The molecule has 0 saturated heterocycles. The van der Waals surface area contributed by atoms with Gasteiger partial charge in [0.15, 0.2) is 0 Å². The van der Waals surface area contributed by atoms with Crippen LogP contribution in [0.15, 0.2) is 42.5 Å². The summed E-state index contributed by atoms with van der Waals surface area (Å²) in [5.41, 5.74) is 2.87. The molecule has 0 heterocycles. The lowest BCUT2D eigenvalue weighted by Gasteiger charge is -2.13. The molecule has 1 aliphatic carbocycles. The molecule has 0 fully saturated rings. The Balaban J connectivity index is 1.97. The summed E-state index contributed by atoms with van der Waals surface area (Å²) in [5, 5.41) is 2.76. The van der Waals surface area contributed by atoms with Crippen molar-refractivity contribution in [2.24, 2.45) is 0 Å². The Hall–Kier alpha value is -1.56. The van der Waals surface area contributed by atoms with E-state index in [1.54, 1.807) is 0 Å². The second-order valence-electron chi connectivity index (χ2n) is 5.07. The topological polar surface area (TPSA) is 0 Å². The van der Waals surface area contributed by atoms with Crippen molar-refractivity contribution in [2.75, 3.05) is 0 Å². The van der Waals surface area contributed by atoms with Gasteiger partial charge < -0.3 is 0 Å². The van der Waals surface area contributed by atoms with Gasteiger partial charge in [0, 0.05) is 5.92 Å². The summed E-state index contributed by atoms with van der Waals surface area (Å²) in [6, 6.07) is 13.2. The molecule has 2 aromatic carbocycles. The first-order valence-corrected chi connectivity index (χ1v) is 6.96. The Bertz CT molecular complexity index is 578. The van der Waals surface area contributed by atoms with Crippen LogP contribution in [-0.2, 0) is 0 Å². The molecule has 0 bridgehead atoms. The second-order valence-corrected chi connectivity index (χ2v) is 5.07. The average molecular weight is 235 g/mol. The van der Waals surface area contributed by atoms with Crippen LogP contribution >= 0.6 is 0 Å². The van der Waals surface area contributed by atoms with Crippen molar-refractivity contribution in [3.63, 3.8) is 0 Å². The van der Waals surface area contributed by atoms with Crippen molar-refractivity contribution in [3.8, 4) is 0 Å². The SMILES string of the molecule is CCCCC[C]1C=Cc2ccc3ccccc3c21. The third-order valence-corrected chi connectivity index (χ3v) is 3.80. The highest BCUT2D eigenvalue weighted by molar-refractivity contribution is 5.93. The van der Waals surface area contributed by atoms with E-state index in [0.717, 1.165) is 0 Å². The molecule has 0 amide bonds. The first-order chi connectivity index (χ1) is 8.90. The van der Waals surface area contributed by atoms with Gasteiger partial charge in [0.05, 0.1) is 0 Å². The highest BCUT2D eigenvalue weighted by Crippen LogP contribution is 2.37. The minimum atomic E-state index is 1.21. The predicted molar refractivity (Wildman–Crippen MR) is 79.5 cm³/mol. The minimum Gasteiger partial charge on any atom is -0.0721 e. The Morgan fingerprint density at radius 2 is 1.78 bits per heavy atom. The highest BCUT2D eigenvalue weighted by Gasteiger charge is 2.19. The summed E-state index contributed by atoms with van der Waals surface area (Å²) in [6.45, 7) is 2.26. The van der Waals surface area contributed by atoms with Gasteiger partial charge in [-0.25, -0.2) is 0 Å². The molecule has 1 aliphatic rings. The van der Waals surface area contributed by atoms with Crippen molar-refractivity contribution in [1.82, 2.24) is 0 Å². The maximum Gasteiger partial charge on any atom is 0.0279 e. The molecule has 1 radical (unpaired) electrons. The van der Waals surface area contributed by atoms with Crippen LogP contribution in [-0.4, -0.2) is 0 Å². The molecular weight excluding hydrogens is 216 g/mol. The van der Waals surface area contributed by atoms with E-state index in [1.807, 2.05) is 0 Å². The molecule has 91 valence electrons. The van der Waals surface area contributed by atoms with Gasteiger partial charge in [0.25, 0.3) is 0 Å². The van der Waals surface area contributed by atoms with Gasteiger partial charge in [-0.1, -0.05) is 74.7 Å². The maximum absolute atomic E-state index is 2.31. The van der Waals surface area contributed by atoms with Gasteiger partial charge in [-0.2, -0.15) is 0 Å². The quantitative estimate of drug-likeness (QED) is 0.625. The molecule has 0 atom stereocenters. The molecule has 0 unspecified atom stereocenters. The zero-order chi connectivity index (χ0) is 12.4. The normalized spacial score (nSPS) is 14.3. The molecule has 0 aliphatic heterocycles. The van der Waals surface area contributed by atoms with Gasteiger partial charge in [-0.3, -0.25) is 0 Å². The van der Waals surface area contributed by atoms with E-state index in [-0.39, 0.29) is 0 Å². The van der Waals surface area contributed by atoms with Crippen LogP contribution in [0.3, 0.4) is 0 Å². The molecule has 0 heteroatoms. The molecule has 18 heavy (non-hydrogen) atoms. The lowest BCUT2D eigenvalue weighted by Crippen LogP contribution is -1.96. The number of hydrogen-bond acceptors (Lipinski definition) is 0. The van der Waals surface area contributed by atoms with E-state index in [9.17, 15) is 0 Å². The largest absolute Gasteiger partial charge is 0.0721 e. The number of benzene rings is 2. The van der Waals surface area contributed by atoms with Gasteiger partial charge in [-0.15, -0.1) is 0 Å². The third-order valence-electron chi connectivity index (χ3n) is 3.80. The van der Waals surface area contributed by atoms with Crippen LogP contribution in [0.2, 0.25) is 0 Å². The van der Waals surface area contributed by atoms with Gasteiger partial charge in [0.1, 0.15) is 0 Å². The molecule has 0 N–H and O–H groups in total. The summed E-state index contributed by atoms with van der Waals surface area (Å²) < 4.78 is 0. The van der Waals surface area contributed by atoms with Crippen LogP contribution in [0.4, 0.5) is 0 Å². The zero-order valence-corrected chi connectivity index (χ0v) is 10.9. The van der Waals surface area contributed by atoms with Crippen LogP contribution < -0.4 is 0 Å². The first-order valence-electron chi connectivity index (χ1n) is 6.96. The molecule has 0 nitrogen and oxygen atoms in total. The van der Waals surface area contributed by atoms with Crippen LogP contribution in [0.5, 0.6) is 0 Å². The molecule has 0 aromatic heterocycles. The fourth-order valence-corrected chi connectivity index (χ4v) is 2.83. The molecule has 2 aromatic rings. The highest BCUT2D eigenvalue weighted by atomic mass is 14.2. The van der Waals surface area contributed by atoms with Crippen LogP contribution in [0, 0.1) is 5.92 Å². The molecule has 3 rings (SSSR count). The van der Waals surface area contributed by atoms with E-state index < -0.39 is 0 Å². The van der Waals surface area contributed by atoms with Crippen molar-refractivity contribution in [3.05, 3.63) is 59.5 Å². The third kappa shape index (κ3) is 1.96. The fraction of sp³-hybridized carbons (Fsp3) is 0.278. The lowest BCUT2D eigenvalue weighted by molar-refractivity contribution is 0.699. The minimum absolute atomic E-state index is 1.21. The summed E-state index contributed by atoms with van der Waals surface area (Å²) in [4.78, 5) is 0. The van der Waals surface area contributed by atoms with Crippen LogP contribution in [0.1, 0.15) is 43.7 Å². The summed E-state index contributed by atoms with van der Waals surface area (Å²) >= 11 is 0. The van der Waals surface area contributed by atoms with Crippen molar-refractivity contribution in [2.45, 2.75) is 32.6 Å². The Morgan fingerprint density at radius 3 is 2.67 bits per heavy atom. The monoisotopic (exact) mass is 235 g/mol. The number of rotatable bonds is 4. The number of unbranched alkanes of at least 4 members (excludes halogenated alkanes) is 2. The predicted octanol–water partition coefficient (Wildman–Crippen LogP) is 5.37. The van der Waals surface area contributed by atoms with Gasteiger partial charge >= 0.3 is 0 Å². The molecular formula is C18H19. The average Bonchev–Trinajstić information content (AvgIpc) is 2.83. The van der Waals surface area contributed by atoms with E-state index in [4.69, 9.17) is 0 Å². The second kappa shape index (κ2) is 4.97. The summed E-state index contributed by atoms with van der Waals surface area (Å²) in [7, 11) is 0. The standard InChI is InChI=1S/C18H19/c1-2-3-4-8-15-12-13-16-11-10-14-7-5-6-9-17(14)18(15)16/h5-7,9-13H,2-4,8H2,1H3. The number of hydrogen-bond donors (Lipinski definition) is 0. The molecule has 0 saturated carbocycles. The smallest absolute Gasteiger partial charge is 0.0279 e. The van der Waals surface area contributed by atoms with Crippen molar-refractivity contribution < 1.29 is 0 Å². The van der Waals surface area contributed by atoms with Crippen molar-refractivity contribution in [1.29, 1.82) is 0 Å². The van der Waals surface area contributed by atoms with Gasteiger partial charge in [-0.05, 0) is 28.3 Å².